The predicted molar refractivity (Wildman–Crippen MR) is 64.3 cm³/mol. The van der Waals surface area contributed by atoms with E-state index < -0.39 is 18.8 Å². The monoisotopic (exact) mass is 324 g/mol. The van der Waals surface area contributed by atoms with Crippen LogP contribution in [0.4, 0.5) is 13.2 Å². The molecule has 0 fully saturated rings. The van der Waals surface area contributed by atoms with Gasteiger partial charge in [-0.1, -0.05) is 12.1 Å². The molecule has 0 unspecified atom stereocenters. The van der Waals surface area contributed by atoms with Crippen LogP contribution < -0.4 is 0 Å². The van der Waals surface area contributed by atoms with Gasteiger partial charge >= 0.3 is 0 Å². The maximum Gasteiger partial charge on any atom is 0.261 e. The van der Waals surface area contributed by atoms with Crippen molar-refractivity contribution in [1.29, 1.82) is 0 Å². The van der Waals surface area contributed by atoms with Gasteiger partial charge in [0.25, 0.3) is 6.43 Å². The minimum Gasteiger partial charge on any atom is -0.375 e. The van der Waals surface area contributed by atoms with Crippen molar-refractivity contribution < 1.29 is 22.7 Å². The molecule has 0 saturated heterocycles. The Hall–Kier alpha value is -0.880. The summed E-state index contributed by atoms with van der Waals surface area (Å²) >= 11 is 3.05. The summed E-state index contributed by atoms with van der Waals surface area (Å²) in [5.41, 5.74) is 0.536. The van der Waals surface area contributed by atoms with Crippen LogP contribution in [-0.2, 0) is 16.0 Å². The first kappa shape index (κ1) is 15.2. The molecule has 0 aliphatic carbocycles. The van der Waals surface area contributed by atoms with Crippen molar-refractivity contribution in [2.75, 3.05) is 13.2 Å². The third-order valence-corrected chi connectivity index (χ3v) is 3.08. The van der Waals surface area contributed by atoms with E-state index in [1.165, 1.54) is 12.1 Å². The van der Waals surface area contributed by atoms with Gasteiger partial charge < -0.3 is 4.74 Å². The molecule has 0 aliphatic rings. The lowest BCUT2D eigenvalue weighted by atomic mass is 10.1. The van der Waals surface area contributed by atoms with Crippen molar-refractivity contribution in [3.63, 3.8) is 0 Å². The summed E-state index contributed by atoms with van der Waals surface area (Å²) in [5, 5.41) is 0. The van der Waals surface area contributed by atoms with Gasteiger partial charge in [-0.25, -0.2) is 13.2 Å². The first-order chi connectivity index (χ1) is 8.50. The molecule has 1 aromatic carbocycles. The fourth-order valence-corrected chi connectivity index (χ4v) is 1.75. The van der Waals surface area contributed by atoms with Gasteiger partial charge in [-0.05, 0) is 27.6 Å². The first-order valence-electron chi connectivity index (χ1n) is 5.31. The van der Waals surface area contributed by atoms with Gasteiger partial charge in [-0.15, -0.1) is 0 Å². The zero-order valence-electron chi connectivity index (χ0n) is 9.47. The smallest absolute Gasteiger partial charge is 0.261 e. The third kappa shape index (κ3) is 5.18. The van der Waals surface area contributed by atoms with E-state index in [1.807, 2.05) is 0 Å². The summed E-state index contributed by atoms with van der Waals surface area (Å²) in [6.45, 7) is -0.715. The van der Waals surface area contributed by atoms with E-state index in [-0.39, 0.29) is 29.7 Å². The molecule has 0 atom stereocenters. The molecule has 0 aliphatic heterocycles. The maximum atomic E-state index is 13.2. The topological polar surface area (TPSA) is 26.3 Å². The van der Waals surface area contributed by atoms with Crippen LogP contribution in [0.25, 0.3) is 0 Å². The number of alkyl halides is 2. The summed E-state index contributed by atoms with van der Waals surface area (Å²) in [6.07, 6.45) is -2.44. The van der Waals surface area contributed by atoms with E-state index in [0.717, 1.165) is 0 Å². The Kier molecular flexibility index (Phi) is 6.35. The quantitative estimate of drug-likeness (QED) is 0.719. The number of halogens is 4. The fraction of sp³-hybridized carbons (Fsp3) is 0.417. The zero-order chi connectivity index (χ0) is 13.5. The molecule has 0 heterocycles. The lowest BCUT2D eigenvalue weighted by Crippen LogP contribution is -2.11. The second-order valence-electron chi connectivity index (χ2n) is 3.64. The van der Waals surface area contributed by atoms with Crippen molar-refractivity contribution in [2.45, 2.75) is 19.3 Å². The number of ketones is 1. The minimum absolute atomic E-state index is 0.0374. The fourth-order valence-electron chi connectivity index (χ4n) is 1.34. The van der Waals surface area contributed by atoms with E-state index in [0.29, 0.717) is 5.56 Å². The number of carbonyl (C=O) groups is 1. The number of hydrogen-bond acceptors (Lipinski definition) is 2. The summed E-state index contributed by atoms with van der Waals surface area (Å²) in [6, 6.07) is 4.42. The van der Waals surface area contributed by atoms with Crippen LogP contribution in [0.15, 0.2) is 22.7 Å². The second-order valence-corrected chi connectivity index (χ2v) is 4.44. The number of carbonyl (C=O) groups excluding carboxylic acids is 1. The van der Waals surface area contributed by atoms with Crippen LogP contribution in [0.2, 0.25) is 0 Å². The average Bonchev–Trinajstić information content (AvgIpc) is 2.30. The molecule has 2 nitrogen and oxygen atoms in total. The highest BCUT2D eigenvalue weighted by Crippen LogP contribution is 2.21. The van der Waals surface area contributed by atoms with Crippen LogP contribution in [0.3, 0.4) is 0 Å². The molecule has 18 heavy (non-hydrogen) atoms. The van der Waals surface area contributed by atoms with E-state index in [4.69, 9.17) is 0 Å². The molecular formula is C12H12BrF3O2. The lowest BCUT2D eigenvalue weighted by Gasteiger charge is -2.05. The summed E-state index contributed by atoms with van der Waals surface area (Å²) in [4.78, 5) is 11.5. The Morgan fingerprint density at radius 3 is 2.78 bits per heavy atom. The normalized spacial score (nSPS) is 10.9. The molecule has 0 spiro atoms. The Balaban J connectivity index is 2.38. The van der Waals surface area contributed by atoms with Crippen molar-refractivity contribution >= 4 is 21.7 Å². The molecule has 1 aromatic rings. The molecule has 0 amide bonds. The van der Waals surface area contributed by atoms with E-state index >= 15 is 0 Å². The van der Waals surface area contributed by atoms with Crippen LogP contribution in [0.1, 0.15) is 12.0 Å². The summed E-state index contributed by atoms with van der Waals surface area (Å²) in [7, 11) is 0. The molecule has 0 saturated carbocycles. The Morgan fingerprint density at radius 2 is 2.11 bits per heavy atom. The molecule has 0 N–H and O–H groups in total. The van der Waals surface area contributed by atoms with Crippen LogP contribution >= 0.6 is 15.9 Å². The SMILES string of the molecule is O=C(CCOCC(F)F)Cc1cccc(F)c1Br. The van der Waals surface area contributed by atoms with E-state index in [1.54, 1.807) is 6.07 Å². The van der Waals surface area contributed by atoms with Gasteiger partial charge in [0.1, 0.15) is 18.2 Å². The van der Waals surface area contributed by atoms with Gasteiger partial charge in [0.15, 0.2) is 0 Å². The van der Waals surface area contributed by atoms with Gasteiger partial charge in [0, 0.05) is 12.8 Å². The van der Waals surface area contributed by atoms with Gasteiger partial charge in [0.2, 0.25) is 0 Å². The summed E-state index contributed by atoms with van der Waals surface area (Å²) < 4.78 is 41.5. The van der Waals surface area contributed by atoms with Crippen LogP contribution in [0.5, 0.6) is 0 Å². The number of ether oxygens (including phenoxy) is 1. The predicted octanol–water partition coefficient (Wildman–Crippen LogP) is 3.37. The van der Waals surface area contributed by atoms with Crippen molar-refractivity contribution in [1.82, 2.24) is 0 Å². The molecule has 0 radical (unpaired) electrons. The largest absolute Gasteiger partial charge is 0.375 e. The van der Waals surface area contributed by atoms with Crippen LogP contribution in [-0.4, -0.2) is 25.4 Å². The number of rotatable bonds is 7. The first-order valence-corrected chi connectivity index (χ1v) is 6.10. The Bertz CT molecular complexity index is 410. The highest BCUT2D eigenvalue weighted by Gasteiger charge is 2.10. The second kappa shape index (κ2) is 7.53. The third-order valence-electron chi connectivity index (χ3n) is 2.19. The molecule has 0 bridgehead atoms. The highest BCUT2D eigenvalue weighted by atomic mass is 79.9. The summed E-state index contributed by atoms with van der Waals surface area (Å²) in [5.74, 6) is -0.621. The molecule has 0 aromatic heterocycles. The van der Waals surface area contributed by atoms with Gasteiger partial charge in [-0.2, -0.15) is 0 Å². The van der Waals surface area contributed by atoms with Gasteiger partial charge in [-0.3, -0.25) is 4.79 Å². The molecular weight excluding hydrogens is 313 g/mol. The minimum atomic E-state index is -2.53. The highest BCUT2D eigenvalue weighted by molar-refractivity contribution is 9.10. The van der Waals surface area contributed by atoms with Crippen molar-refractivity contribution in [3.8, 4) is 0 Å². The van der Waals surface area contributed by atoms with Crippen molar-refractivity contribution in [3.05, 3.63) is 34.1 Å². The van der Waals surface area contributed by atoms with E-state index in [9.17, 15) is 18.0 Å². The maximum absolute atomic E-state index is 13.2. The van der Waals surface area contributed by atoms with E-state index in [2.05, 4.69) is 20.7 Å². The lowest BCUT2D eigenvalue weighted by molar-refractivity contribution is -0.119. The number of hydrogen-bond donors (Lipinski definition) is 0. The molecule has 6 heteroatoms. The van der Waals surface area contributed by atoms with Crippen molar-refractivity contribution in [2.24, 2.45) is 0 Å². The molecule has 1 rings (SSSR count). The Morgan fingerprint density at radius 1 is 1.39 bits per heavy atom. The standard InChI is InChI=1S/C12H12BrF3O2/c13-12-8(2-1-3-10(12)14)6-9(17)4-5-18-7-11(15)16/h1-3,11H,4-7H2. The Labute approximate surface area is 111 Å². The number of benzene rings is 1. The average molecular weight is 325 g/mol. The zero-order valence-corrected chi connectivity index (χ0v) is 11.1. The molecule has 100 valence electrons. The number of Topliss-reactive ketones (excluding diaryl/α,β-unsaturated/α-hetero) is 1. The van der Waals surface area contributed by atoms with Gasteiger partial charge in [0.05, 0.1) is 11.1 Å². The van der Waals surface area contributed by atoms with Crippen LogP contribution in [0, 0.1) is 5.82 Å².